The summed E-state index contributed by atoms with van der Waals surface area (Å²) in [7, 11) is 1.77. The molecule has 0 aromatic heterocycles. The first-order valence-electron chi connectivity index (χ1n) is 10.0. The van der Waals surface area contributed by atoms with Crippen LogP contribution >= 0.6 is 24.0 Å². The summed E-state index contributed by atoms with van der Waals surface area (Å²) in [5, 5.41) is 6.83. The quantitative estimate of drug-likeness (QED) is 0.240. The molecule has 156 valence electrons. The molecule has 0 aromatic rings. The van der Waals surface area contributed by atoms with Gasteiger partial charge in [-0.05, 0) is 47.5 Å². The zero-order valence-electron chi connectivity index (χ0n) is 17.8. The van der Waals surface area contributed by atoms with Crippen molar-refractivity contribution in [2.75, 3.05) is 53.0 Å². The van der Waals surface area contributed by atoms with Gasteiger partial charge < -0.3 is 15.4 Å². The van der Waals surface area contributed by atoms with Crippen LogP contribution in [0.15, 0.2) is 4.99 Å². The number of hydrogen-bond acceptors (Lipinski definition) is 4. The Morgan fingerprint density at radius 1 is 1.08 bits per heavy atom. The van der Waals surface area contributed by atoms with Gasteiger partial charge in [-0.15, -0.1) is 24.0 Å². The molecule has 26 heavy (non-hydrogen) atoms. The molecule has 6 nitrogen and oxygen atoms in total. The average molecular weight is 483 g/mol. The first kappa shape index (κ1) is 25.9. The minimum absolute atomic E-state index is 0. The van der Waals surface area contributed by atoms with Crippen LogP contribution < -0.4 is 10.6 Å². The van der Waals surface area contributed by atoms with Crippen LogP contribution in [0.1, 0.15) is 47.5 Å². The maximum Gasteiger partial charge on any atom is 0.191 e. The SMILES string of the molecule is CCNC(=NCCN(C(C)C)C(C)C)NCCN(CCOC)C1CC1.I. The molecule has 1 fully saturated rings. The number of nitrogens with one attached hydrogen (secondary N) is 2. The molecule has 0 heterocycles. The van der Waals surface area contributed by atoms with E-state index in [9.17, 15) is 0 Å². The Kier molecular flexibility index (Phi) is 14.8. The standard InChI is InChI=1S/C19H41N5O.HI/c1-7-20-19(22-11-13-24(16(2)3)17(4)5)21-10-12-23(14-15-25-6)18-8-9-18;/h16-18H,7-15H2,1-6H3,(H2,20,21,22);1H. The molecule has 0 atom stereocenters. The Hall–Kier alpha value is -0.120. The molecule has 0 amide bonds. The molecule has 0 aliphatic heterocycles. The van der Waals surface area contributed by atoms with E-state index in [0.29, 0.717) is 12.1 Å². The van der Waals surface area contributed by atoms with Crippen molar-refractivity contribution in [1.82, 2.24) is 20.4 Å². The highest BCUT2D eigenvalue weighted by atomic mass is 127. The Bertz CT molecular complexity index is 367. The summed E-state index contributed by atoms with van der Waals surface area (Å²) in [6.07, 6.45) is 2.66. The number of nitrogens with zero attached hydrogens (tertiary/aromatic N) is 3. The number of ether oxygens (including phenoxy) is 1. The van der Waals surface area contributed by atoms with Gasteiger partial charge in [-0.2, -0.15) is 0 Å². The van der Waals surface area contributed by atoms with Gasteiger partial charge in [0.2, 0.25) is 0 Å². The molecule has 0 bridgehead atoms. The van der Waals surface area contributed by atoms with Crippen LogP contribution in [0.25, 0.3) is 0 Å². The fourth-order valence-corrected chi connectivity index (χ4v) is 3.17. The Labute approximate surface area is 178 Å². The molecule has 0 aromatic carbocycles. The molecule has 1 aliphatic rings. The van der Waals surface area contributed by atoms with Crippen molar-refractivity contribution < 1.29 is 4.74 Å². The monoisotopic (exact) mass is 483 g/mol. The van der Waals surface area contributed by atoms with E-state index in [1.165, 1.54) is 12.8 Å². The first-order chi connectivity index (χ1) is 12.0. The van der Waals surface area contributed by atoms with Crippen LogP contribution in [0.4, 0.5) is 0 Å². The second kappa shape index (κ2) is 14.9. The maximum absolute atomic E-state index is 5.23. The zero-order chi connectivity index (χ0) is 18.7. The summed E-state index contributed by atoms with van der Waals surface area (Å²) < 4.78 is 5.23. The van der Waals surface area contributed by atoms with Crippen molar-refractivity contribution in [1.29, 1.82) is 0 Å². The van der Waals surface area contributed by atoms with Crippen LogP contribution in [-0.4, -0.2) is 86.9 Å². The third-order valence-electron chi connectivity index (χ3n) is 4.64. The van der Waals surface area contributed by atoms with E-state index < -0.39 is 0 Å². The lowest BCUT2D eigenvalue weighted by molar-refractivity contribution is 0.144. The Morgan fingerprint density at radius 3 is 2.23 bits per heavy atom. The molecule has 2 N–H and O–H groups in total. The van der Waals surface area contributed by atoms with Gasteiger partial charge in [0.05, 0.1) is 13.2 Å². The largest absolute Gasteiger partial charge is 0.383 e. The van der Waals surface area contributed by atoms with Gasteiger partial charge in [-0.1, -0.05) is 0 Å². The fourth-order valence-electron chi connectivity index (χ4n) is 3.17. The fraction of sp³-hybridized carbons (Fsp3) is 0.947. The molecular weight excluding hydrogens is 441 g/mol. The molecule has 0 saturated heterocycles. The Morgan fingerprint density at radius 2 is 1.73 bits per heavy atom. The molecule has 0 unspecified atom stereocenters. The number of hydrogen-bond donors (Lipinski definition) is 2. The van der Waals surface area contributed by atoms with Gasteiger partial charge in [0.25, 0.3) is 0 Å². The van der Waals surface area contributed by atoms with E-state index >= 15 is 0 Å². The van der Waals surface area contributed by atoms with Gasteiger partial charge in [-0.25, -0.2) is 0 Å². The summed E-state index contributed by atoms with van der Waals surface area (Å²) in [5.41, 5.74) is 0. The number of halogens is 1. The van der Waals surface area contributed by atoms with Crippen molar-refractivity contribution >= 4 is 29.9 Å². The van der Waals surface area contributed by atoms with Crippen molar-refractivity contribution in [3.05, 3.63) is 0 Å². The van der Waals surface area contributed by atoms with Crippen LogP contribution in [0.3, 0.4) is 0 Å². The maximum atomic E-state index is 5.23. The lowest BCUT2D eigenvalue weighted by Crippen LogP contribution is -2.43. The summed E-state index contributed by atoms with van der Waals surface area (Å²) in [6, 6.07) is 1.87. The number of guanidine groups is 1. The lowest BCUT2D eigenvalue weighted by Gasteiger charge is -2.29. The minimum atomic E-state index is 0. The Balaban J connectivity index is 0.00000625. The van der Waals surface area contributed by atoms with Gasteiger partial charge >= 0.3 is 0 Å². The highest BCUT2D eigenvalue weighted by Crippen LogP contribution is 2.25. The van der Waals surface area contributed by atoms with E-state index in [-0.39, 0.29) is 24.0 Å². The van der Waals surface area contributed by atoms with Crippen LogP contribution in [-0.2, 0) is 4.74 Å². The molecule has 0 radical (unpaired) electrons. The molecular formula is C19H42IN5O. The number of aliphatic imine (C=N–C) groups is 1. The third-order valence-corrected chi connectivity index (χ3v) is 4.64. The summed E-state index contributed by atoms with van der Waals surface area (Å²) >= 11 is 0. The minimum Gasteiger partial charge on any atom is -0.383 e. The second-order valence-electron chi connectivity index (χ2n) is 7.37. The van der Waals surface area contributed by atoms with Crippen LogP contribution in [0.5, 0.6) is 0 Å². The van der Waals surface area contributed by atoms with Crippen LogP contribution in [0.2, 0.25) is 0 Å². The smallest absolute Gasteiger partial charge is 0.191 e. The summed E-state index contributed by atoms with van der Waals surface area (Å²) in [4.78, 5) is 9.75. The molecule has 1 saturated carbocycles. The van der Waals surface area contributed by atoms with Gasteiger partial charge in [0.1, 0.15) is 0 Å². The average Bonchev–Trinajstić information content (AvgIpc) is 3.38. The predicted octanol–water partition coefficient (Wildman–Crippen LogP) is 2.39. The molecule has 1 rings (SSSR count). The second-order valence-corrected chi connectivity index (χ2v) is 7.37. The van der Waals surface area contributed by atoms with E-state index in [1.807, 2.05) is 0 Å². The normalized spacial score (nSPS) is 15.1. The third kappa shape index (κ3) is 10.9. The molecule has 0 spiro atoms. The lowest BCUT2D eigenvalue weighted by atomic mass is 10.2. The van der Waals surface area contributed by atoms with E-state index in [1.54, 1.807) is 7.11 Å². The molecule has 1 aliphatic carbocycles. The van der Waals surface area contributed by atoms with Crippen molar-refractivity contribution in [2.45, 2.75) is 65.6 Å². The van der Waals surface area contributed by atoms with Crippen molar-refractivity contribution in [3.8, 4) is 0 Å². The van der Waals surface area contributed by atoms with Gasteiger partial charge in [0.15, 0.2) is 5.96 Å². The van der Waals surface area contributed by atoms with E-state index in [0.717, 1.165) is 57.9 Å². The van der Waals surface area contributed by atoms with Crippen molar-refractivity contribution in [3.63, 3.8) is 0 Å². The first-order valence-corrected chi connectivity index (χ1v) is 10.0. The van der Waals surface area contributed by atoms with Gasteiger partial charge in [0, 0.05) is 58.0 Å². The van der Waals surface area contributed by atoms with Crippen molar-refractivity contribution in [2.24, 2.45) is 4.99 Å². The predicted molar refractivity (Wildman–Crippen MR) is 123 cm³/mol. The highest BCUT2D eigenvalue weighted by Gasteiger charge is 2.28. The summed E-state index contributed by atoms with van der Waals surface area (Å²) in [6.45, 7) is 17.6. The topological polar surface area (TPSA) is 52.1 Å². The number of methoxy groups -OCH3 is 1. The number of rotatable bonds is 13. The van der Waals surface area contributed by atoms with Crippen LogP contribution in [0, 0.1) is 0 Å². The highest BCUT2D eigenvalue weighted by molar-refractivity contribution is 14.0. The van der Waals surface area contributed by atoms with E-state index in [4.69, 9.17) is 9.73 Å². The summed E-state index contributed by atoms with van der Waals surface area (Å²) in [5.74, 6) is 0.928. The zero-order valence-corrected chi connectivity index (χ0v) is 20.1. The molecule has 7 heteroatoms. The van der Waals surface area contributed by atoms with Gasteiger partial charge in [-0.3, -0.25) is 14.8 Å². The van der Waals surface area contributed by atoms with E-state index in [2.05, 4.69) is 55.1 Å².